The summed E-state index contributed by atoms with van der Waals surface area (Å²) in [4.78, 5) is 0. The Bertz CT molecular complexity index is 1130. The van der Waals surface area contributed by atoms with E-state index in [1.807, 2.05) is 35.1 Å². The average Bonchev–Trinajstić information content (AvgIpc) is 2.68. The molecule has 26 heavy (non-hydrogen) atoms. The van der Waals surface area contributed by atoms with Crippen LogP contribution >= 0.6 is 22.9 Å². The Balaban J connectivity index is 1.70. The van der Waals surface area contributed by atoms with Crippen LogP contribution in [0.2, 0.25) is 0 Å². The van der Waals surface area contributed by atoms with Crippen LogP contribution in [0.1, 0.15) is 0 Å². The van der Waals surface area contributed by atoms with Crippen LogP contribution in [-0.4, -0.2) is 12.7 Å². The molecule has 0 atom stereocenters. The van der Waals surface area contributed by atoms with Gasteiger partial charge in [0.25, 0.3) is 0 Å². The fraction of sp³-hybridized carbons (Fsp3) is 0. The molecule has 0 amide bonds. The van der Waals surface area contributed by atoms with Crippen LogP contribution < -0.4 is 15.4 Å². The van der Waals surface area contributed by atoms with Gasteiger partial charge >= 0.3 is 12.7 Å². The molecule has 0 aliphatic carbocycles. The van der Waals surface area contributed by atoms with Crippen molar-refractivity contribution in [1.29, 1.82) is 0 Å². The first-order valence-corrected chi connectivity index (χ1v) is 9.44. The molecule has 0 spiro atoms. The lowest BCUT2D eigenvalue weighted by Crippen LogP contribution is -2.59. The SMILES string of the molecule is ClB1Nc2c(ccc3ccccc23)B(Cl)N1c1cccc2ccccc12. The van der Waals surface area contributed by atoms with Gasteiger partial charge in [0, 0.05) is 22.1 Å². The van der Waals surface area contributed by atoms with E-state index in [9.17, 15) is 0 Å². The molecule has 0 saturated carbocycles. The van der Waals surface area contributed by atoms with Crippen molar-refractivity contribution in [2.24, 2.45) is 0 Å². The Labute approximate surface area is 162 Å². The highest BCUT2D eigenvalue weighted by molar-refractivity contribution is 7.28. The lowest BCUT2D eigenvalue weighted by atomic mass is 9.67. The molecule has 1 aliphatic heterocycles. The lowest BCUT2D eigenvalue weighted by molar-refractivity contribution is 1.52. The van der Waals surface area contributed by atoms with E-state index in [1.165, 1.54) is 10.8 Å². The number of hydrogen-bond acceptors (Lipinski definition) is 2. The van der Waals surface area contributed by atoms with Gasteiger partial charge in [0.05, 0.1) is 0 Å². The summed E-state index contributed by atoms with van der Waals surface area (Å²) in [6.07, 6.45) is -0.800. The Hall–Kier alpha value is -2.29. The second-order valence-corrected chi connectivity index (χ2v) is 7.30. The van der Waals surface area contributed by atoms with Crippen LogP contribution in [0.15, 0.2) is 78.9 Å². The summed E-state index contributed by atoms with van der Waals surface area (Å²) in [5.41, 5.74) is 3.07. The minimum Gasteiger partial charge on any atom is -0.410 e. The minimum atomic E-state index is -0.443. The maximum Gasteiger partial charge on any atom is 0.471 e. The maximum absolute atomic E-state index is 6.94. The zero-order valence-electron chi connectivity index (χ0n) is 13.9. The number of anilines is 2. The molecule has 1 N–H and O–H groups in total. The van der Waals surface area contributed by atoms with E-state index >= 15 is 0 Å². The van der Waals surface area contributed by atoms with Gasteiger partial charge in [-0.1, -0.05) is 72.8 Å². The molecule has 0 fully saturated rings. The molecule has 1 heterocycles. The van der Waals surface area contributed by atoms with Crippen LogP contribution in [0.25, 0.3) is 21.5 Å². The first-order chi connectivity index (χ1) is 12.7. The molecular formula is C20H14B2Cl2N2. The van der Waals surface area contributed by atoms with E-state index in [2.05, 4.69) is 53.8 Å². The molecule has 124 valence electrons. The molecule has 0 aromatic heterocycles. The van der Waals surface area contributed by atoms with Gasteiger partial charge in [-0.3, -0.25) is 0 Å². The first-order valence-electron chi connectivity index (χ1n) is 8.56. The summed E-state index contributed by atoms with van der Waals surface area (Å²) in [5.74, 6) is 0. The van der Waals surface area contributed by atoms with Gasteiger partial charge in [-0.15, -0.1) is 11.5 Å². The molecule has 0 unspecified atom stereocenters. The van der Waals surface area contributed by atoms with E-state index in [0.717, 1.165) is 27.6 Å². The molecule has 6 heteroatoms. The summed E-state index contributed by atoms with van der Waals surface area (Å²) >= 11 is 13.7. The van der Waals surface area contributed by atoms with Crippen LogP contribution in [0.4, 0.5) is 11.4 Å². The van der Waals surface area contributed by atoms with E-state index in [1.54, 1.807) is 0 Å². The van der Waals surface area contributed by atoms with Gasteiger partial charge in [-0.25, -0.2) is 0 Å². The van der Waals surface area contributed by atoms with Gasteiger partial charge in [-0.05, 0) is 22.3 Å². The topological polar surface area (TPSA) is 15.3 Å². The molecule has 0 saturated heterocycles. The fourth-order valence-electron chi connectivity index (χ4n) is 3.78. The predicted molar refractivity (Wildman–Crippen MR) is 117 cm³/mol. The largest absolute Gasteiger partial charge is 0.471 e. The average molecular weight is 375 g/mol. The van der Waals surface area contributed by atoms with Crippen LogP contribution in [-0.2, 0) is 0 Å². The van der Waals surface area contributed by atoms with E-state index < -0.39 is 6.40 Å². The normalized spacial score (nSPS) is 13.8. The summed E-state index contributed by atoms with van der Waals surface area (Å²) < 4.78 is 2.03. The van der Waals surface area contributed by atoms with Gasteiger partial charge in [0.1, 0.15) is 0 Å². The first kappa shape index (κ1) is 15.9. The Morgan fingerprint density at radius 1 is 0.692 bits per heavy atom. The van der Waals surface area contributed by atoms with Crippen molar-refractivity contribution in [3.8, 4) is 0 Å². The molecule has 1 aliphatic rings. The number of nitrogens with one attached hydrogen (secondary N) is 1. The van der Waals surface area contributed by atoms with Crippen molar-refractivity contribution in [2.45, 2.75) is 0 Å². The fourth-order valence-corrected chi connectivity index (χ4v) is 4.56. The molecule has 0 radical (unpaired) electrons. The molecule has 4 aromatic rings. The Kier molecular flexibility index (Phi) is 3.77. The quantitative estimate of drug-likeness (QED) is 0.467. The monoisotopic (exact) mass is 374 g/mol. The molecule has 0 bridgehead atoms. The minimum absolute atomic E-state index is 0.357. The summed E-state index contributed by atoms with van der Waals surface area (Å²) in [6, 6.07) is 27.0. The molecule has 5 rings (SSSR count). The van der Waals surface area contributed by atoms with Crippen molar-refractivity contribution >= 4 is 74.0 Å². The second-order valence-electron chi connectivity index (χ2n) is 6.47. The number of rotatable bonds is 1. The highest BCUT2D eigenvalue weighted by Gasteiger charge is 2.40. The zero-order chi connectivity index (χ0) is 17.7. The summed E-state index contributed by atoms with van der Waals surface area (Å²) in [5, 5.41) is 8.07. The third-order valence-electron chi connectivity index (χ3n) is 5.01. The zero-order valence-corrected chi connectivity index (χ0v) is 15.4. The van der Waals surface area contributed by atoms with E-state index in [-0.39, 0.29) is 6.26 Å². The standard InChI is InChI=1S/C20H14B2Cl2N2/c23-21-18-13-12-15-7-2-4-10-17(15)20(18)25-22(24)26(21)19-11-5-8-14-6-1-3-9-16(14)19/h1-13,25H. The summed E-state index contributed by atoms with van der Waals surface area (Å²) in [6.45, 7) is 0. The summed E-state index contributed by atoms with van der Waals surface area (Å²) in [7, 11) is 0. The highest BCUT2D eigenvalue weighted by Crippen LogP contribution is 2.34. The molecular weight excluding hydrogens is 361 g/mol. The third kappa shape index (κ3) is 2.37. The van der Waals surface area contributed by atoms with Gasteiger partial charge in [0.2, 0.25) is 0 Å². The number of nitrogens with zero attached hydrogens (tertiary/aromatic N) is 1. The molecule has 4 aromatic carbocycles. The number of halogens is 2. The smallest absolute Gasteiger partial charge is 0.410 e. The van der Waals surface area contributed by atoms with Crippen molar-refractivity contribution in [3.05, 3.63) is 78.9 Å². The van der Waals surface area contributed by atoms with E-state index in [0.29, 0.717) is 0 Å². The maximum atomic E-state index is 6.94. The lowest BCUT2D eigenvalue weighted by Gasteiger charge is -2.37. The Morgan fingerprint density at radius 2 is 1.35 bits per heavy atom. The van der Waals surface area contributed by atoms with E-state index in [4.69, 9.17) is 22.9 Å². The number of hydrogen-bond donors (Lipinski definition) is 1. The number of benzene rings is 4. The van der Waals surface area contributed by atoms with Gasteiger partial charge < -0.3 is 9.95 Å². The number of fused-ring (bicyclic) bond motifs is 4. The van der Waals surface area contributed by atoms with Crippen molar-refractivity contribution in [1.82, 2.24) is 0 Å². The van der Waals surface area contributed by atoms with Gasteiger partial charge in [0.15, 0.2) is 0 Å². The van der Waals surface area contributed by atoms with Gasteiger partial charge in [-0.2, -0.15) is 11.5 Å². The highest BCUT2D eigenvalue weighted by atomic mass is 35.5. The third-order valence-corrected chi connectivity index (χ3v) is 5.78. The van der Waals surface area contributed by atoms with Crippen LogP contribution in [0, 0.1) is 0 Å². The van der Waals surface area contributed by atoms with Crippen molar-refractivity contribution in [3.63, 3.8) is 0 Å². The Morgan fingerprint density at radius 3 is 2.15 bits per heavy atom. The second kappa shape index (κ2) is 6.15. The van der Waals surface area contributed by atoms with Crippen LogP contribution in [0.5, 0.6) is 0 Å². The van der Waals surface area contributed by atoms with Crippen molar-refractivity contribution < 1.29 is 0 Å². The van der Waals surface area contributed by atoms with Crippen LogP contribution in [0.3, 0.4) is 0 Å². The predicted octanol–water partition coefficient (Wildman–Crippen LogP) is 5.08. The molecule has 2 nitrogen and oxygen atoms in total. The van der Waals surface area contributed by atoms with Crippen molar-refractivity contribution in [2.75, 3.05) is 9.95 Å².